The molecule has 3 heteroatoms. The predicted molar refractivity (Wildman–Crippen MR) is 69.0 cm³/mol. The van der Waals surface area contributed by atoms with Crippen molar-refractivity contribution in [3.8, 4) is 5.88 Å². The first-order chi connectivity index (χ1) is 7.89. The SMILES string of the molecule is COc1ccc(CNC2C(C)(C)C2(C)C)cn1. The van der Waals surface area contributed by atoms with Gasteiger partial charge in [-0.3, -0.25) is 0 Å². The Bertz CT molecular complexity index is 381. The molecule has 1 aromatic heterocycles. The van der Waals surface area contributed by atoms with Crippen LogP contribution in [0.2, 0.25) is 0 Å². The summed E-state index contributed by atoms with van der Waals surface area (Å²) in [6.07, 6.45) is 1.87. The molecule has 17 heavy (non-hydrogen) atoms. The van der Waals surface area contributed by atoms with Crippen LogP contribution in [0, 0.1) is 10.8 Å². The Morgan fingerprint density at radius 2 is 1.88 bits per heavy atom. The van der Waals surface area contributed by atoms with Crippen LogP contribution in [0.1, 0.15) is 33.3 Å². The van der Waals surface area contributed by atoms with E-state index in [4.69, 9.17) is 4.74 Å². The molecule has 0 bridgehead atoms. The first-order valence-electron chi connectivity index (χ1n) is 6.12. The number of pyridine rings is 1. The molecule has 0 saturated heterocycles. The number of nitrogens with zero attached hydrogens (tertiary/aromatic N) is 1. The normalized spacial score (nSPS) is 21.2. The van der Waals surface area contributed by atoms with Crippen LogP contribution in [-0.2, 0) is 6.54 Å². The monoisotopic (exact) mass is 234 g/mol. The van der Waals surface area contributed by atoms with E-state index in [-0.39, 0.29) is 0 Å². The average Bonchev–Trinajstić information content (AvgIpc) is 2.68. The van der Waals surface area contributed by atoms with Gasteiger partial charge in [0.2, 0.25) is 5.88 Å². The van der Waals surface area contributed by atoms with E-state index >= 15 is 0 Å². The van der Waals surface area contributed by atoms with Gasteiger partial charge in [-0.1, -0.05) is 33.8 Å². The van der Waals surface area contributed by atoms with Crippen molar-refractivity contribution in [2.24, 2.45) is 10.8 Å². The van der Waals surface area contributed by atoms with E-state index < -0.39 is 0 Å². The van der Waals surface area contributed by atoms with Crippen LogP contribution in [0.15, 0.2) is 18.3 Å². The Balaban J connectivity index is 1.91. The lowest BCUT2D eigenvalue weighted by Gasteiger charge is -2.06. The van der Waals surface area contributed by atoms with Crippen molar-refractivity contribution in [1.29, 1.82) is 0 Å². The Kier molecular flexibility index (Phi) is 2.90. The Morgan fingerprint density at radius 3 is 2.29 bits per heavy atom. The number of ether oxygens (including phenoxy) is 1. The lowest BCUT2D eigenvalue weighted by molar-refractivity contribution is 0.397. The van der Waals surface area contributed by atoms with E-state index in [1.807, 2.05) is 12.3 Å². The van der Waals surface area contributed by atoms with Crippen molar-refractivity contribution >= 4 is 0 Å². The van der Waals surface area contributed by atoms with Crippen molar-refractivity contribution in [2.45, 2.75) is 40.3 Å². The minimum Gasteiger partial charge on any atom is -0.481 e. The van der Waals surface area contributed by atoms with Gasteiger partial charge in [0.25, 0.3) is 0 Å². The van der Waals surface area contributed by atoms with Crippen LogP contribution in [0.4, 0.5) is 0 Å². The highest BCUT2D eigenvalue weighted by Gasteiger charge is 2.64. The van der Waals surface area contributed by atoms with E-state index in [1.165, 1.54) is 5.56 Å². The van der Waals surface area contributed by atoms with Gasteiger partial charge < -0.3 is 10.1 Å². The third kappa shape index (κ3) is 2.04. The van der Waals surface area contributed by atoms with Crippen molar-refractivity contribution in [2.75, 3.05) is 7.11 Å². The third-order valence-electron chi connectivity index (χ3n) is 4.54. The number of rotatable bonds is 4. The number of methoxy groups -OCH3 is 1. The van der Waals surface area contributed by atoms with Crippen LogP contribution < -0.4 is 10.1 Å². The zero-order chi connectivity index (χ0) is 12.7. The molecule has 0 spiro atoms. The van der Waals surface area contributed by atoms with Crippen LogP contribution in [0.3, 0.4) is 0 Å². The van der Waals surface area contributed by atoms with Crippen molar-refractivity contribution in [3.05, 3.63) is 23.9 Å². The molecular formula is C14H22N2O. The second-order valence-corrected chi connectivity index (χ2v) is 5.97. The molecule has 1 fully saturated rings. The summed E-state index contributed by atoms with van der Waals surface area (Å²) in [5.74, 6) is 0.667. The summed E-state index contributed by atoms with van der Waals surface area (Å²) in [7, 11) is 1.63. The summed E-state index contributed by atoms with van der Waals surface area (Å²) < 4.78 is 5.04. The first kappa shape index (κ1) is 12.4. The molecule has 1 saturated carbocycles. The molecule has 1 aromatic rings. The second kappa shape index (κ2) is 3.98. The van der Waals surface area contributed by atoms with Crippen molar-refractivity contribution in [1.82, 2.24) is 10.3 Å². The van der Waals surface area contributed by atoms with E-state index in [2.05, 4.69) is 44.1 Å². The average molecular weight is 234 g/mol. The Hall–Kier alpha value is -1.09. The van der Waals surface area contributed by atoms with Gasteiger partial charge in [-0.05, 0) is 16.4 Å². The minimum absolute atomic E-state index is 0.382. The van der Waals surface area contributed by atoms with Gasteiger partial charge in [0.15, 0.2) is 0 Å². The molecule has 0 aromatic carbocycles. The Morgan fingerprint density at radius 1 is 1.24 bits per heavy atom. The highest BCUT2D eigenvalue weighted by Crippen LogP contribution is 2.62. The highest BCUT2D eigenvalue weighted by atomic mass is 16.5. The lowest BCUT2D eigenvalue weighted by Crippen LogP contribution is -2.21. The summed E-state index contributed by atoms with van der Waals surface area (Å²) >= 11 is 0. The fourth-order valence-corrected chi connectivity index (χ4v) is 2.56. The van der Waals surface area contributed by atoms with E-state index in [9.17, 15) is 0 Å². The van der Waals surface area contributed by atoms with Gasteiger partial charge in [-0.15, -0.1) is 0 Å². The molecule has 0 atom stereocenters. The van der Waals surface area contributed by atoms with Crippen LogP contribution in [0.5, 0.6) is 5.88 Å². The van der Waals surface area contributed by atoms with Gasteiger partial charge in [0, 0.05) is 24.8 Å². The largest absolute Gasteiger partial charge is 0.481 e. The van der Waals surface area contributed by atoms with Crippen molar-refractivity contribution < 1.29 is 4.74 Å². The number of hydrogen-bond donors (Lipinski definition) is 1. The predicted octanol–water partition coefficient (Wildman–Crippen LogP) is 2.61. The second-order valence-electron chi connectivity index (χ2n) is 5.97. The number of hydrogen-bond acceptors (Lipinski definition) is 3. The zero-order valence-electron chi connectivity index (χ0n) is 11.4. The topological polar surface area (TPSA) is 34.1 Å². The maximum Gasteiger partial charge on any atom is 0.212 e. The quantitative estimate of drug-likeness (QED) is 0.869. The van der Waals surface area contributed by atoms with E-state index in [0.29, 0.717) is 22.8 Å². The Labute approximate surface area is 104 Å². The molecule has 0 amide bonds. The van der Waals surface area contributed by atoms with Crippen LogP contribution >= 0.6 is 0 Å². The molecule has 0 radical (unpaired) electrons. The summed E-state index contributed by atoms with van der Waals surface area (Å²) in [6, 6.07) is 4.54. The van der Waals surface area contributed by atoms with Crippen molar-refractivity contribution in [3.63, 3.8) is 0 Å². The highest BCUT2D eigenvalue weighted by molar-refractivity contribution is 5.21. The van der Waals surface area contributed by atoms with E-state index in [0.717, 1.165) is 6.54 Å². The maximum absolute atomic E-state index is 5.04. The summed E-state index contributed by atoms with van der Waals surface area (Å²) in [5.41, 5.74) is 1.96. The molecule has 1 aliphatic rings. The summed E-state index contributed by atoms with van der Waals surface area (Å²) in [5, 5.41) is 3.61. The van der Waals surface area contributed by atoms with Gasteiger partial charge in [0.05, 0.1) is 7.11 Å². The van der Waals surface area contributed by atoms with E-state index in [1.54, 1.807) is 7.11 Å². The molecule has 0 aliphatic heterocycles. The molecule has 3 nitrogen and oxygen atoms in total. The summed E-state index contributed by atoms with van der Waals surface area (Å²) in [6.45, 7) is 10.1. The number of nitrogens with one attached hydrogen (secondary N) is 1. The minimum atomic E-state index is 0.382. The molecule has 1 heterocycles. The van der Waals surface area contributed by atoms with Gasteiger partial charge >= 0.3 is 0 Å². The van der Waals surface area contributed by atoms with Gasteiger partial charge in [-0.2, -0.15) is 0 Å². The standard InChI is InChI=1S/C14H22N2O/c1-13(2)12(14(13,3)4)16-9-10-6-7-11(17-5)15-8-10/h6-8,12,16H,9H2,1-5H3. The lowest BCUT2D eigenvalue weighted by atomic mass is 10.0. The molecule has 1 aliphatic carbocycles. The molecule has 94 valence electrons. The molecule has 1 N–H and O–H groups in total. The van der Waals surface area contributed by atoms with Gasteiger partial charge in [0.1, 0.15) is 0 Å². The fourth-order valence-electron chi connectivity index (χ4n) is 2.56. The smallest absolute Gasteiger partial charge is 0.212 e. The third-order valence-corrected chi connectivity index (χ3v) is 4.54. The molecule has 0 unspecified atom stereocenters. The summed E-state index contributed by atoms with van der Waals surface area (Å²) in [4.78, 5) is 4.21. The fraction of sp³-hybridized carbons (Fsp3) is 0.643. The van der Waals surface area contributed by atoms with Crippen LogP contribution in [-0.4, -0.2) is 18.1 Å². The first-order valence-corrected chi connectivity index (χ1v) is 6.12. The zero-order valence-corrected chi connectivity index (χ0v) is 11.4. The molecular weight excluding hydrogens is 212 g/mol. The molecule has 2 rings (SSSR count). The maximum atomic E-state index is 5.04. The van der Waals surface area contributed by atoms with Gasteiger partial charge in [-0.25, -0.2) is 4.98 Å². The number of aromatic nitrogens is 1. The van der Waals surface area contributed by atoms with Crippen LogP contribution in [0.25, 0.3) is 0 Å².